The second-order valence-electron chi connectivity index (χ2n) is 6.76. The number of hydrogen-bond acceptors (Lipinski definition) is 4. The highest BCUT2D eigenvalue weighted by atomic mass is 16.5. The second kappa shape index (κ2) is 9.63. The minimum atomic E-state index is 0.191. The number of likely N-dealkylation sites (N-methyl/N-ethyl adjacent to an activating group) is 1. The summed E-state index contributed by atoms with van der Waals surface area (Å²) in [4.78, 5) is 8.82. The van der Waals surface area contributed by atoms with Crippen molar-refractivity contribution >= 4 is 5.96 Å². The Morgan fingerprint density at radius 3 is 2.72 bits per heavy atom. The highest BCUT2D eigenvalue weighted by molar-refractivity contribution is 5.79. The predicted octanol–water partition coefficient (Wildman–Crippen LogP) is 1.84. The van der Waals surface area contributed by atoms with Crippen LogP contribution in [0.25, 0.3) is 0 Å². The quantitative estimate of drug-likeness (QED) is 0.602. The molecule has 0 spiro atoms. The van der Waals surface area contributed by atoms with E-state index in [1.165, 1.54) is 5.56 Å². The van der Waals surface area contributed by atoms with Crippen molar-refractivity contribution in [3.63, 3.8) is 0 Å². The van der Waals surface area contributed by atoms with Gasteiger partial charge in [-0.15, -0.1) is 0 Å². The summed E-state index contributed by atoms with van der Waals surface area (Å²) in [6, 6.07) is 8.37. The van der Waals surface area contributed by atoms with Crippen LogP contribution in [0.3, 0.4) is 0 Å². The van der Waals surface area contributed by atoms with E-state index < -0.39 is 0 Å². The molecule has 140 valence electrons. The Balaban J connectivity index is 2.01. The van der Waals surface area contributed by atoms with Gasteiger partial charge in [0.2, 0.25) is 0 Å². The Morgan fingerprint density at radius 2 is 2.12 bits per heavy atom. The van der Waals surface area contributed by atoms with Crippen molar-refractivity contribution in [2.45, 2.75) is 12.5 Å². The van der Waals surface area contributed by atoms with E-state index in [2.05, 4.69) is 53.4 Å². The largest absolute Gasteiger partial charge is 0.496 e. The third-order valence-electron chi connectivity index (χ3n) is 4.70. The van der Waals surface area contributed by atoms with Crippen molar-refractivity contribution in [3.05, 3.63) is 29.8 Å². The average Bonchev–Trinajstić information content (AvgIpc) is 3.11. The number of nitrogens with zero attached hydrogens (tertiary/aromatic N) is 3. The van der Waals surface area contributed by atoms with Gasteiger partial charge in [0, 0.05) is 45.3 Å². The van der Waals surface area contributed by atoms with Crippen molar-refractivity contribution in [2.24, 2.45) is 10.9 Å². The monoisotopic (exact) mass is 348 g/mol. The molecule has 0 bridgehead atoms. The number of benzene rings is 1. The van der Waals surface area contributed by atoms with Gasteiger partial charge in [-0.25, -0.2) is 0 Å². The van der Waals surface area contributed by atoms with E-state index in [-0.39, 0.29) is 6.04 Å². The molecule has 1 N–H and O–H groups in total. The normalized spacial score (nSPS) is 19.1. The highest BCUT2D eigenvalue weighted by Gasteiger charge is 2.21. The lowest BCUT2D eigenvalue weighted by Crippen LogP contribution is -2.44. The first-order chi connectivity index (χ1) is 12.1. The van der Waals surface area contributed by atoms with Gasteiger partial charge < -0.3 is 24.6 Å². The van der Waals surface area contributed by atoms with Crippen LogP contribution in [-0.4, -0.2) is 77.4 Å². The standard InChI is InChI=1S/C19H32N4O2/c1-20-19(23(4)13-15-10-11-25-14-15)21-12-17(22(2)3)16-8-6-7-9-18(16)24-5/h6-9,15,17H,10-14H2,1-5H3,(H,20,21). The summed E-state index contributed by atoms with van der Waals surface area (Å²) in [5.41, 5.74) is 1.17. The van der Waals surface area contributed by atoms with Crippen molar-refractivity contribution in [1.29, 1.82) is 0 Å². The molecule has 1 aromatic rings. The zero-order valence-corrected chi connectivity index (χ0v) is 16.2. The number of methoxy groups -OCH3 is 1. The molecular weight excluding hydrogens is 316 g/mol. The third kappa shape index (κ3) is 5.34. The predicted molar refractivity (Wildman–Crippen MR) is 102 cm³/mol. The van der Waals surface area contributed by atoms with E-state index in [1.54, 1.807) is 7.11 Å². The van der Waals surface area contributed by atoms with Crippen LogP contribution in [0, 0.1) is 5.92 Å². The van der Waals surface area contributed by atoms with E-state index in [1.807, 2.05) is 19.2 Å². The molecule has 0 saturated carbocycles. The van der Waals surface area contributed by atoms with Crippen molar-refractivity contribution in [1.82, 2.24) is 15.1 Å². The second-order valence-corrected chi connectivity index (χ2v) is 6.76. The number of para-hydroxylation sites is 1. The number of rotatable bonds is 7. The van der Waals surface area contributed by atoms with Gasteiger partial charge in [-0.3, -0.25) is 4.99 Å². The van der Waals surface area contributed by atoms with Crippen LogP contribution in [0.5, 0.6) is 5.75 Å². The maximum absolute atomic E-state index is 5.54. The number of nitrogens with one attached hydrogen (secondary N) is 1. The Hall–Kier alpha value is -1.79. The van der Waals surface area contributed by atoms with E-state index in [0.29, 0.717) is 5.92 Å². The molecule has 1 saturated heterocycles. The average molecular weight is 348 g/mol. The lowest BCUT2D eigenvalue weighted by Gasteiger charge is -2.30. The smallest absolute Gasteiger partial charge is 0.193 e. The molecule has 6 nitrogen and oxygen atoms in total. The minimum Gasteiger partial charge on any atom is -0.496 e. The van der Waals surface area contributed by atoms with Crippen molar-refractivity contribution in [3.8, 4) is 5.75 Å². The molecule has 1 fully saturated rings. The van der Waals surface area contributed by atoms with E-state index >= 15 is 0 Å². The first kappa shape index (κ1) is 19.5. The van der Waals surface area contributed by atoms with Crippen molar-refractivity contribution in [2.75, 3.05) is 61.6 Å². The zero-order valence-electron chi connectivity index (χ0n) is 16.2. The molecule has 0 amide bonds. The number of guanidine groups is 1. The van der Waals surface area contributed by atoms with Crippen LogP contribution in [0.4, 0.5) is 0 Å². The maximum atomic E-state index is 5.54. The summed E-state index contributed by atoms with van der Waals surface area (Å²) < 4.78 is 11.0. The van der Waals surface area contributed by atoms with Gasteiger partial charge >= 0.3 is 0 Å². The maximum Gasteiger partial charge on any atom is 0.193 e. The SMILES string of the molecule is CN=C(NCC(c1ccccc1OC)N(C)C)N(C)CC1CCOC1. The van der Waals surface area contributed by atoms with Gasteiger partial charge in [0.1, 0.15) is 5.75 Å². The first-order valence-corrected chi connectivity index (χ1v) is 8.85. The van der Waals surface area contributed by atoms with Gasteiger partial charge in [-0.2, -0.15) is 0 Å². The summed E-state index contributed by atoms with van der Waals surface area (Å²) in [7, 11) is 9.80. The number of ether oxygens (including phenoxy) is 2. The fraction of sp³-hybridized carbons (Fsp3) is 0.632. The van der Waals surface area contributed by atoms with Gasteiger partial charge in [-0.05, 0) is 26.6 Å². The molecule has 2 rings (SSSR count). The summed E-state index contributed by atoms with van der Waals surface area (Å²) in [6.45, 7) is 3.44. The lowest BCUT2D eigenvalue weighted by atomic mass is 10.0. The Morgan fingerprint density at radius 1 is 1.36 bits per heavy atom. The molecule has 1 aliphatic rings. The Kier molecular flexibility index (Phi) is 7.52. The van der Waals surface area contributed by atoms with Crippen LogP contribution in [0.1, 0.15) is 18.0 Å². The van der Waals surface area contributed by atoms with Gasteiger partial charge in [0.25, 0.3) is 0 Å². The minimum absolute atomic E-state index is 0.191. The summed E-state index contributed by atoms with van der Waals surface area (Å²) in [5, 5.41) is 3.51. The topological polar surface area (TPSA) is 49.3 Å². The molecule has 25 heavy (non-hydrogen) atoms. The molecule has 1 aliphatic heterocycles. The third-order valence-corrected chi connectivity index (χ3v) is 4.70. The molecule has 0 aliphatic carbocycles. The molecule has 1 aromatic carbocycles. The summed E-state index contributed by atoms with van der Waals surface area (Å²) in [6.07, 6.45) is 1.13. The Bertz CT molecular complexity index is 556. The summed E-state index contributed by atoms with van der Waals surface area (Å²) >= 11 is 0. The lowest BCUT2D eigenvalue weighted by molar-refractivity contribution is 0.181. The van der Waals surface area contributed by atoms with Crippen LogP contribution in [0.15, 0.2) is 29.3 Å². The van der Waals surface area contributed by atoms with Crippen LogP contribution >= 0.6 is 0 Å². The molecule has 6 heteroatoms. The molecular formula is C19H32N4O2. The van der Waals surface area contributed by atoms with E-state index in [4.69, 9.17) is 9.47 Å². The zero-order chi connectivity index (χ0) is 18.2. The number of hydrogen-bond donors (Lipinski definition) is 1. The number of aliphatic imine (C=N–C) groups is 1. The van der Waals surface area contributed by atoms with E-state index in [0.717, 1.165) is 44.4 Å². The van der Waals surface area contributed by atoms with Gasteiger partial charge in [0.05, 0.1) is 19.8 Å². The van der Waals surface area contributed by atoms with Crippen molar-refractivity contribution < 1.29 is 9.47 Å². The van der Waals surface area contributed by atoms with Crippen LogP contribution < -0.4 is 10.1 Å². The molecule has 2 atom stereocenters. The highest BCUT2D eigenvalue weighted by Crippen LogP contribution is 2.27. The molecule has 2 unspecified atom stereocenters. The summed E-state index contributed by atoms with van der Waals surface area (Å²) in [5.74, 6) is 2.41. The molecule has 0 radical (unpaired) electrons. The molecule has 1 heterocycles. The van der Waals surface area contributed by atoms with E-state index in [9.17, 15) is 0 Å². The fourth-order valence-electron chi connectivity index (χ4n) is 3.29. The molecule has 0 aromatic heterocycles. The Labute approximate surface area is 151 Å². The van der Waals surface area contributed by atoms with Crippen LogP contribution in [-0.2, 0) is 4.74 Å². The van der Waals surface area contributed by atoms with Crippen LogP contribution in [0.2, 0.25) is 0 Å². The first-order valence-electron chi connectivity index (χ1n) is 8.85. The van der Waals surface area contributed by atoms with Gasteiger partial charge in [0.15, 0.2) is 5.96 Å². The van der Waals surface area contributed by atoms with Gasteiger partial charge in [-0.1, -0.05) is 18.2 Å². The fourth-order valence-corrected chi connectivity index (χ4v) is 3.29.